The van der Waals surface area contributed by atoms with Gasteiger partial charge >= 0.3 is 0 Å². The number of carbonyl (C=O) groups is 1. The molecule has 1 rings (SSSR count). The minimum Gasteiger partial charge on any atom is -0.357 e. The zero-order valence-electron chi connectivity index (χ0n) is 15.9. The van der Waals surface area contributed by atoms with Gasteiger partial charge in [0.25, 0.3) is 5.91 Å². The van der Waals surface area contributed by atoms with Gasteiger partial charge < -0.3 is 16.0 Å². The van der Waals surface area contributed by atoms with Gasteiger partial charge in [-0.1, -0.05) is 26.0 Å². The molecule has 0 spiro atoms. The molecule has 1 amide bonds. The Hall–Kier alpha value is -1.31. The molecule has 0 unspecified atom stereocenters. The van der Waals surface area contributed by atoms with Crippen LogP contribution in [0.1, 0.15) is 56.5 Å². The van der Waals surface area contributed by atoms with Crippen LogP contribution in [0.25, 0.3) is 0 Å². The van der Waals surface area contributed by atoms with Gasteiger partial charge in [0, 0.05) is 25.2 Å². The molecule has 0 radical (unpaired) electrons. The van der Waals surface area contributed by atoms with Crippen LogP contribution in [0.3, 0.4) is 0 Å². The Morgan fingerprint density at radius 3 is 2.24 bits per heavy atom. The summed E-state index contributed by atoms with van der Waals surface area (Å²) in [4.78, 5) is 16.3. The summed E-state index contributed by atoms with van der Waals surface area (Å²) < 4.78 is 0. The average molecular weight is 460 g/mol. The fourth-order valence-corrected chi connectivity index (χ4v) is 2.25. The van der Waals surface area contributed by atoms with E-state index in [1.54, 1.807) is 0 Å². The number of aliphatic imine (C=N–C) groups is 1. The predicted octanol–water partition coefficient (Wildman–Crippen LogP) is 3.55. The Morgan fingerprint density at radius 1 is 1.04 bits per heavy atom. The molecule has 6 heteroatoms. The molecule has 0 saturated heterocycles. The summed E-state index contributed by atoms with van der Waals surface area (Å²) in [7, 11) is 0. The highest BCUT2D eigenvalue weighted by atomic mass is 127. The molecule has 0 aliphatic carbocycles. The Bertz CT molecular complexity index is 515. The van der Waals surface area contributed by atoms with E-state index in [1.807, 2.05) is 31.2 Å². The summed E-state index contributed by atoms with van der Waals surface area (Å²) in [6, 6.07) is 7.60. The van der Waals surface area contributed by atoms with Crippen molar-refractivity contribution >= 4 is 35.8 Å². The number of hydrogen-bond donors (Lipinski definition) is 3. The second-order valence-corrected chi connectivity index (χ2v) is 6.21. The third kappa shape index (κ3) is 10.3. The van der Waals surface area contributed by atoms with Crippen LogP contribution in [0.4, 0.5) is 0 Å². The highest BCUT2D eigenvalue weighted by molar-refractivity contribution is 14.0. The molecular formula is C19H33IN4O. The molecule has 0 bridgehead atoms. The minimum atomic E-state index is -0.0345. The molecule has 3 N–H and O–H groups in total. The van der Waals surface area contributed by atoms with Crippen molar-refractivity contribution in [1.82, 2.24) is 16.0 Å². The smallest absolute Gasteiger partial charge is 0.251 e. The summed E-state index contributed by atoms with van der Waals surface area (Å²) >= 11 is 0. The lowest BCUT2D eigenvalue weighted by Crippen LogP contribution is -2.37. The van der Waals surface area contributed by atoms with Crippen molar-refractivity contribution in [1.29, 1.82) is 0 Å². The number of nitrogens with one attached hydrogen (secondary N) is 3. The van der Waals surface area contributed by atoms with Crippen LogP contribution in [-0.4, -0.2) is 31.5 Å². The standard InChI is InChI=1S/C19H32N4O.HI/c1-5-20-18(24)17-11-9-16(10-12-17)14-23-19(21-6-2)22-13-7-8-15(3)4;/h9-12,15H,5-8,13-14H2,1-4H3,(H,20,24)(H2,21,22,23);1H. The lowest BCUT2D eigenvalue weighted by atomic mass is 10.1. The van der Waals surface area contributed by atoms with Crippen LogP contribution >= 0.6 is 24.0 Å². The van der Waals surface area contributed by atoms with E-state index >= 15 is 0 Å². The first-order chi connectivity index (χ1) is 11.6. The maximum atomic E-state index is 11.7. The van der Waals surface area contributed by atoms with Crippen molar-refractivity contribution < 1.29 is 4.79 Å². The minimum absolute atomic E-state index is 0. The summed E-state index contributed by atoms with van der Waals surface area (Å²) in [6.45, 7) is 11.5. The van der Waals surface area contributed by atoms with Crippen molar-refractivity contribution in [2.24, 2.45) is 10.9 Å². The zero-order chi connectivity index (χ0) is 17.8. The fraction of sp³-hybridized carbons (Fsp3) is 0.579. The SMILES string of the molecule is CCNC(=O)c1ccc(CN=C(NCC)NCCCC(C)C)cc1.I. The van der Waals surface area contributed by atoms with Crippen molar-refractivity contribution in [2.75, 3.05) is 19.6 Å². The van der Waals surface area contributed by atoms with Crippen molar-refractivity contribution in [3.05, 3.63) is 35.4 Å². The van der Waals surface area contributed by atoms with Gasteiger partial charge in [-0.3, -0.25) is 4.79 Å². The van der Waals surface area contributed by atoms with Crippen LogP contribution in [0.2, 0.25) is 0 Å². The van der Waals surface area contributed by atoms with Crippen LogP contribution in [-0.2, 0) is 6.54 Å². The number of hydrogen-bond acceptors (Lipinski definition) is 2. The van der Waals surface area contributed by atoms with Crippen LogP contribution in [0.15, 0.2) is 29.3 Å². The first kappa shape index (κ1) is 23.7. The third-order valence-electron chi connectivity index (χ3n) is 3.57. The number of amides is 1. The Labute approximate surface area is 169 Å². The molecule has 0 heterocycles. The van der Waals surface area contributed by atoms with Gasteiger partial charge in [0.15, 0.2) is 5.96 Å². The van der Waals surface area contributed by atoms with Crippen LogP contribution in [0.5, 0.6) is 0 Å². The lowest BCUT2D eigenvalue weighted by Gasteiger charge is -2.12. The first-order valence-electron chi connectivity index (χ1n) is 8.96. The van der Waals surface area contributed by atoms with E-state index in [9.17, 15) is 4.79 Å². The maximum Gasteiger partial charge on any atom is 0.251 e. The van der Waals surface area contributed by atoms with Gasteiger partial charge in [-0.2, -0.15) is 0 Å². The molecule has 142 valence electrons. The summed E-state index contributed by atoms with van der Waals surface area (Å²) in [5.74, 6) is 1.54. The number of carbonyl (C=O) groups excluding carboxylic acids is 1. The zero-order valence-corrected chi connectivity index (χ0v) is 18.2. The predicted molar refractivity (Wildman–Crippen MR) is 117 cm³/mol. The molecule has 0 aliphatic rings. The maximum absolute atomic E-state index is 11.7. The van der Waals surface area contributed by atoms with Gasteiger partial charge in [0.05, 0.1) is 6.54 Å². The van der Waals surface area contributed by atoms with E-state index in [0.717, 1.165) is 37.0 Å². The van der Waals surface area contributed by atoms with E-state index in [-0.39, 0.29) is 29.9 Å². The van der Waals surface area contributed by atoms with E-state index in [0.29, 0.717) is 18.7 Å². The fourth-order valence-electron chi connectivity index (χ4n) is 2.25. The highest BCUT2D eigenvalue weighted by Gasteiger charge is 2.03. The summed E-state index contributed by atoms with van der Waals surface area (Å²) in [6.07, 6.45) is 2.36. The topological polar surface area (TPSA) is 65.5 Å². The normalized spacial score (nSPS) is 11.0. The molecule has 25 heavy (non-hydrogen) atoms. The number of rotatable bonds is 9. The van der Waals surface area contributed by atoms with E-state index in [1.165, 1.54) is 6.42 Å². The second-order valence-electron chi connectivity index (χ2n) is 6.21. The molecule has 5 nitrogen and oxygen atoms in total. The van der Waals surface area contributed by atoms with E-state index < -0.39 is 0 Å². The van der Waals surface area contributed by atoms with E-state index in [4.69, 9.17) is 0 Å². The van der Waals surface area contributed by atoms with Crippen molar-refractivity contribution in [3.8, 4) is 0 Å². The summed E-state index contributed by atoms with van der Waals surface area (Å²) in [5.41, 5.74) is 1.77. The van der Waals surface area contributed by atoms with Gasteiger partial charge in [-0.15, -0.1) is 24.0 Å². The molecule has 0 fully saturated rings. The Kier molecular flexibility index (Phi) is 13.2. The first-order valence-corrected chi connectivity index (χ1v) is 8.96. The molecule has 1 aromatic rings. The number of halogens is 1. The highest BCUT2D eigenvalue weighted by Crippen LogP contribution is 2.06. The molecule has 0 aliphatic heterocycles. The van der Waals surface area contributed by atoms with Gasteiger partial charge in [-0.25, -0.2) is 4.99 Å². The molecule has 0 atom stereocenters. The Balaban J connectivity index is 0.00000576. The largest absolute Gasteiger partial charge is 0.357 e. The number of benzene rings is 1. The molecule has 0 aromatic heterocycles. The van der Waals surface area contributed by atoms with Crippen LogP contribution < -0.4 is 16.0 Å². The van der Waals surface area contributed by atoms with Gasteiger partial charge in [0.1, 0.15) is 0 Å². The van der Waals surface area contributed by atoms with Gasteiger partial charge in [-0.05, 0) is 50.3 Å². The quantitative estimate of drug-likeness (QED) is 0.229. The number of nitrogens with zero attached hydrogens (tertiary/aromatic N) is 1. The monoisotopic (exact) mass is 460 g/mol. The van der Waals surface area contributed by atoms with Crippen molar-refractivity contribution in [2.45, 2.75) is 47.1 Å². The summed E-state index contributed by atoms with van der Waals surface area (Å²) in [5, 5.41) is 9.43. The Morgan fingerprint density at radius 2 is 1.68 bits per heavy atom. The average Bonchev–Trinajstić information content (AvgIpc) is 2.57. The molecular weight excluding hydrogens is 427 g/mol. The van der Waals surface area contributed by atoms with Gasteiger partial charge in [0.2, 0.25) is 0 Å². The number of guanidine groups is 1. The second kappa shape index (κ2) is 13.9. The molecule has 0 saturated carbocycles. The van der Waals surface area contributed by atoms with E-state index in [2.05, 4.69) is 41.7 Å². The third-order valence-corrected chi connectivity index (χ3v) is 3.57. The molecule has 1 aromatic carbocycles. The lowest BCUT2D eigenvalue weighted by molar-refractivity contribution is 0.0956. The van der Waals surface area contributed by atoms with Crippen molar-refractivity contribution in [3.63, 3.8) is 0 Å². The van der Waals surface area contributed by atoms with Crippen LogP contribution in [0, 0.1) is 5.92 Å².